The molecule has 0 radical (unpaired) electrons. The van der Waals surface area contributed by atoms with E-state index in [0.717, 1.165) is 17.2 Å². The Morgan fingerprint density at radius 3 is 2.88 bits per heavy atom. The van der Waals surface area contributed by atoms with Crippen molar-refractivity contribution in [2.24, 2.45) is 5.10 Å². The number of hydrazone groups is 1. The van der Waals surface area contributed by atoms with Gasteiger partial charge in [-0.1, -0.05) is 12.1 Å². The fraction of sp³-hybridized carbons (Fsp3) is 0.0833. The molecule has 0 aromatic carbocycles. The smallest absolute Gasteiger partial charge is 0.146 e. The molecule has 0 aliphatic heterocycles. The fourth-order valence-electron chi connectivity index (χ4n) is 1.22. The molecule has 0 aliphatic carbocycles. The number of pyridine rings is 2. The Morgan fingerprint density at radius 1 is 1.19 bits per heavy atom. The van der Waals surface area contributed by atoms with Crippen molar-refractivity contribution in [2.45, 2.75) is 6.92 Å². The van der Waals surface area contributed by atoms with Crippen molar-refractivity contribution in [3.8, 4) is 0 Å². The fourth-order valence-corrected chi connectivity index (χ4v) is 1.22. The highest BCUT2D eigenvalue weighted by Gasteiger charge is 1.90. The van der Waals surface area contributed by atoms with Crippen molar-refractivity contribution in [1.82, 2.24) is 9.97 Å². The molecule has 2 aromatic heterocycles. The van der Waals surface area contributed by atoms with Crippen molar-refractivity contribution in [2.75, 3.05) is 5.43 Å². The van der Waals surface area contributed by atoms with Gasteiger partial charge in [-0.25, -0.2) is 4.98 Å². The van der Waals surface area contributed by atoms with Crippen LogP contribution in [-0.4, -0.2) is 16.2 Å². The highest BCUT2D eigenvalue weighted by molar-refractivity contribution is 5.77. The second-order valence-electron chi connectivity index (χ2n) is 3.29. The maximum absolute atomic E-state index is 4.26. The molecule has 2 heterocycles. The molecule has 2 aromatic rings. The van der Waals surface area contributed by atoms with Gasteiger partial charge in [0.25, 0.3) is 0 Å². The van der Waals surface area contributed by atoms with Crippen LogP contribution >= 0.6 is 0 Å². The van der Waals surface area contributed by atoms with Crippen LogP contribution in [0.2, 0.25) is 0 Å². The van der Waals surface area contributed by atoms with Crippen LogP contribution in [0, 0.1) is 6.92 Å². The third kappa shape index (κ3) is 2.88. The van der Waals surface area contributed by atoms with Gasteiger partial charge in [-0.15, -0.1) is 0 Å². The van der Waals surface area contributed by atoms with Gasteiger partial charge < -0.3 is 0 Å². The number of nitrogens with zero attached hydrogens (tertiary/aromatic N) is 3. The van der Waals surface area contributed by atoms with Gasteiger partial charge in [-0.3, -0.25) is 10.4 Å². The summed E-state index contributed by atoms with van der Waals surface area (Å²) in [4.78, 5) is 8.38. The van der Waals surface area contributed by atoms with Crippen LogP contribution in [0.4, 0.5) is 5.82 Å². The van der Waals surface area contributed by atoms with Gasteiger partial charge in [-0.05, 0) is 31.2 Å². The average Bonchev–Trinajstić information content (AvgIpc) is 2.30. The monoisotopic (exact) mass is 212 g/mol. The Balaban J connectivity index is 2.00. The minimum Gasteiger partial charge on any atom is -0.261 e. The van der Waals surface area contributed by atoms with Gasteiger partial charge in [0.05, 0.1) is 11.9 Å². The third-order valence-electron chi connectivity index (χ3n) is 1.95. The summed E-state index contributed by atoms with van der Waals surface area (Å²) in [5.74, 6) is 0.729. The summed E-state index contributed by atoms with van der Waals surface area (Å²) in [5, 5.41) is 4.05. The van der Waals surface area contributed by atoms with E-state index < -0.39 is 0 Å². The summed E-state index contributed by atoms with van der Waals surface area (Å²) in [6, 6.07) is 11.4. The molecule has 0 amide bonds. The van der Waals surface area contributed by atoms with Crippen molar-refractivity contribution < 1.29 is 0 Å². The molecule has 16 heavy (non-hydrogen) atoms. The molecule has 4 nitrogen and oxygen atoms in total. The minimum absolute atomic E-state index is 0.729. The van der Waals surface area contributed by atoms with Crippen molar-refractivity contribution in [1.29, 1.82) is 0 Å². The molecule has 0 saturated carbocycles. The lowest BCUT2D eigenvalue weighted by atomic mass is 10.4. The zero-order chi connectivity index (χ0) is 11.2. The molecular weight excluding hydrogens is 200 g/mol. The van der Waals surface area contributed by atoms with E-state index >= 15 is 0 Å². The highest BCUT2D eigenvalue weighted by atomic mass is 15.3. The number of rotatable bonds is 3. The molecule has 0 unspecified atom stereocenters. The summed E-state index contributed by atoms with van der Waals surface area (Å²) < 4.78 is 0. The zero-order valence-electron chi connectivity index (χ0n) is 8.96. The molecule has 80 valence electrons. The molecule has 4 heteroatoms. The molecule has 0 bridgehead atoms. The van der Waals surface area contributed by atoms with Crippen LogP contribution in [0.25, 0.3) is 0 Å². The quantitative estimate of drug-likeness (QED) is 0.627. The number of aromatic nitrogens is 2. The standard InChI is InChI=1S/C12H12N4/c1-10-5-4-7-12(15-10)16-14-9-11-6-2-3-8-13-11/h2-9H,1H3,(H,15,16)/b14-9+. The van der Waals surface area contributed by atoms with Crippen LogP contribution in [0.15, 0.2) is 47.7 Å². The van der Waals surface area contributed by atoms with Crippen molar-refractivity contribution in [3.63, 3.8) is 0 Å². The van der Waals surface area contributed by atoms with Gasteiger partial charge in [0.2, 0.25) is 0 Å². The van der Waals surface area contributed by atoms with Gasteiger partial charge in [0.15, 0.2) is 0 Å². The Bertz CT molecular complexity index is 479. The van der Waals surface area contributed by atoms with E-state index in [0.29, 0.717) is 0 Å². The first kappa shape index (κ1) is 10.3. The lowest BCUT2D eigenvalue weighted by Gasteiger charge is -1.99. The summed E-state index contributed by atoms with van der Waals surface area (Å²) in [6.45, 7) is 1.94. The van der Waals surface area contributed by atoms with E-state index in [4.69, 9.17) is 0 Å². The molecule has 0 fully saturated rings. The van der Waals surface area contributed by atoms with E-state index in [-0.39, 0.29) is 0 Å². The maximum Gasteiger partial charge on any atom is 0.146 e. The van der Waals surface area contributed by atoms with E-state index in [1.165, 1.54) is 0 Å². The summed E-state index contributed by atoms with van der Waals surface area (Å²) in [6.07, 6.45) is 3.39. The molecule has 1 N–H and O–H groups in total. The predicted molar refractivity (Wildman–Crippen MR) is 64.4 cm³/mol. The van der Waals surface area contributed by atoms with Gasteiger partial charge in [0, 0.05) is 11.9 Å². The van der Waals surface area contributed by atoms with Gasteiger partial charge in [0.1, 0.15) is 5.82 Å². The molecule has 2 rings (SSSR count). The van der Waals surface area contributed by atoms with Crippen LogP contribution in [-0.2, 0) is 0 Å². The van der Waals surface area contributed by atoms with Crippen molar-refractivity contribution in [3.05, 3.63) is 54.0 Å². The van der Waals surface area contributed by atoms with Crippen LogP contribution < -0.4 is 5.43 Å². The minimum atomic E-state index is 0.729. The van der Waals surface area contributed by atoms with Crippen LogP contribution in [0.3, 0.4) is 0 Å². The normalized spacial score (nSPS) is 10.6. The molecular formula is C12H12N4. The Labute approximate surface area is 94.1 Å². The summed E-state index contributed by atoms with van der Waals surface area (Å²) in [5.41, 5.74) is 4.62. The second kappa shape index (κ2) is 5.02. The SMILES string of the molecule is Cc1cccc(N/N=C/c2ccccn2)n1. The Morgan fingerprint density at radius 2 is 2.12 bits per heavy atom. The van der Waals surface area contributed by atoms with E-state index in [1.807, 2.05) is 43.3 Å². The average molecular weight is 212 g/mol. The van der Waals surface area contributed by atoms with E-state index in [1.54, 1.807) is 12.4 Å². The van der Waals surface area contributed by atoms with E-state index in [2.05, 4.69) is 20.5 Å². The van der Waals surface area contributed by atoms with Gasteiger partial charge in [-0.2, -0.15) is 5.10 Å². The number of aryl methyl sites for hydroxylation is 1. The number of hydrogen-bond acceptors (Lipinski definition) is 4. The van der Waals surface area contributed by atoms with Crippen LogP contribution in [0.5, 0.6) is 0 Å². The summed E-state index contributed by atoms with van der Waals surface area (Å²) >= 11 is 0. The first-order chi connectivity index (χ1) is 7.84. The molecule has 0 saturated heterocycles. The first-order valence-corrected chi connectivity index (χ1v) is 4.98. The van der Waals surface area contributed by atoms with Crippen molar-refractivity contribution >= 4 is 12.0 Å². The van der Waals surface area contributed by atoms with E-state index in [9.17, 15) is 0 Å². The summed E-state index contributed by atoms with van der Waals surface area (Å²) in [7, 11) is 0. The lowest BCUT2D eigenvalue weighted by Crippen LogP contribution is -1.95. The van der Waals surface area contributed by atoms with Gasteiger partial charge >= 0.3 is 0 Å². The lowest BCUT2D eigenvalue weighted by molar-refractivity contribution is 1.16. The second-order valence-corrected chi connectivity index (χ2v) is 3.29. The largest absolute Gasteiger partial charge is 0.261 e. The third-order valence-corrected chi connectivity index (χ3v) is 1.95. The Hall–Kier alpha value is -2.23. The molecule has 0 spiro atoms. The number of hydrogen-bond donors (Lipinski definition) is 1. The Kier molecular flexibility index (Phi) is 3.23. The molecule has 0 atom stereocenters. The molecule has 0 aliphatic rings. The van der Waals surface area contributed by atoms with Crippen LogP contribution in [0.1, 0.15) is 11.4 Å². The topological polar surface area (TPSA) is 50.2 Å². The zero-order valence-corrected chi connectivity index (χ0v) is 8.96. The maximum atomic E-state index is 4.26. The highest BCUT2D eigenvalue weighted by Crippen LogP contribution is 2.03. The number of anilines is 1. The first-order valence-electron chi connectivity index (χ1n) is 4.98. The number of nitrogens with one attached hydrogen (secondary N) is 1. The predicted octanol–water partition coefficient (Wildman–Crippen LogP) is 2.23.